The van der Waals surface area contributed by atoms with Gasteiger partial charge >= 0.3 is 0 Å². The number of aryl methyl sites for hydroxylation is 2. The predicted molar refractivity (Wildman–Crippen MR) is 68.4 cm³/mol. The molecule has 0 bridgehead atoms. The summed E-state index contributed by atoms with van der Waals surface area (Å²) in [5.74, 6) is -0.111. The van der Waals surface area contributed by atoms with Gasteiger partial charge in [0.05, 0.1) is 22.6 Å². The summed E-state index contributed by atoms with van der Waals surface area (Å²) in [5, 5.41) is 2.86. The Morgan fingerprint density at radius 2 is 2.29 bits per heavy atom. The predicted octanol–water partition coefficient (Wildman–Crippen LogP) is 2.66. The molecule has 0 aliphatic rings. The third-order valence-electron chi connectivity index (χ3n) is 2.44. The van der Waals surface area contributed by atoms with Crippen molar-refractivity contribution in [2.24, 2.45) is 0 Å². The average Bonchev–Trinajstić information content (AvgIpc) is 2.80. The first-order chi connectivity index (χ1) is 8.22. The van der Waals surface area contributed by atoms with E-state index in [4.69, 9.17) is 0 Å². The van der Waals surface area contributed by atoms with Crippen LogP contribution >= 0.6 is 11.3 Å². The number of pyridine rings is 1. The Hall–Kier alpha value is -1.75. The Morgan fingerprint density at radius 3 is 3.00 bits per heavy atom. The lowest BCUT2D eigenvalue weighted by atomic mass is 10.2. The summed E-state index contributed by atoms with van der Waals surface area (Å²) in [5.41, 5.74) is 4.09. The summed E-state index contributed by atoms with van der Waals surface area (Å²) in [6, 6.07) is 3.64. The van der Waals surface area contributed by atoms with E-state index in [1.807, 2.05) is 19.9 Å². The molecule has 1 amide bonds. The van der Waals surface area contributed by atoms with Gasteiger partial charge in [0.15, 0.2) is 0 Å². The van der Waals surface area contributed by atoms with Crippen molar-refractivity contribution in [3.8, 4) is 0 Å². The van der Waals surface area contributed by atoms with Crippen molar-refractivity contribution in [2.45, 2.75) is 20.3 Å². The van der Waals surface area contributed by atoms with Crippen LogP contribution in [0, 0.1) is 6.92 Å². The van der Waals surface area contributed by atoms with E-state index in [1.165, 1.54) is 11.3 Å². The van der Waals surface area contributed by atoms with E-state index < -0.39 is 0 Å². The highest BCUT2D eigenvalue weighted by atomic mass is 32.1. The molecule has 0 aliphatic carbocycles. The molecule has 0 aromatic carbocycles. The normalized spacial score (nSPS) is 10.2. The number of nitrogens with zero attached hydrogens (tertiary/aromatic N) is 2. The van der Waals surface area contributed by atoms with Gasteiger partial charge in [-0.15, -0.1) is 11.3 Å². The lowest BCUT2D eigenvalue weighted by molar-refractivity contribution is 0.102. The molecule has 0 atom stereocenters. The number of amides is 1. The average molecular weight is 247 g/mol. The maximum atomic E-state index is 12.0. The lowest BCUT2D eigenvalue weighted by Crippen LogP contribution is -2.13. The van der Waals surface area contributed by atoms with Crippen LogP contribution in [-0.4, -0.2) is 15.9 Å². The Morgan fingerprint density at radius 1 is 1.47 bits per heavy atom. The first-order valence-electron chi connectivity index (χ1n) is 5.37. The van der Waals surface area contributed by atoms with Crippen molar-refractivity contribution < 1.29 is 4.79 Å². The minimum absolute atomic E-state index is 0.111. The van der Waals surface area contributed by atoms with E-state index in [0.717, 1.165) is 23.5 Å². The molecule has 0 unspecified atom stereocenters. The first-order valence-corrected chi connectivity index (χ1v) is 6.25. The fourth-order valence-corrected chi connectivity index (χ4v) is 2.28. The SMILES string of the molecule is CCc1ncsc1C(=O)Nc1cccnc1C. The van der Waals surface area contributed by atoms with E-state index in [0.29, 0.717) is 4.88 Å². The van der Waals surface area contributed by atoms with Gasteiger partial charge in [-0.05, 0) is 25.5 Å². The number of nitrogens with one attached hydrogen (secondary N) is 1. The zero-order chi connectivity index (χ0) is 12.3. The summed E-state index contributed by atoms with van der Waals surface area (Å²) in [4.78, 5) is 21.0. The number of carbonyl (C=O) groups excluding carboxylic acids is 1. The Bertz CT molecular complexity index is 536. The molecule has 2 aromatic heterocycles. The number of rotatable bonds is 3. The molecule has 2 heterocycles. The van der Waals surface area contributed by atoms with E-state index in [1.54, 1.807) is 17.8 Å². The second-order valence-corrected chi connectivity index (χ2v) is 4.43. The maximum absolute atomic E-state index is 12.0. The Labute approximate surface area is 104 Å². The van der Waals surface area contributed by atoms with Crippen molar-refractivity contribution in [3.63, 3.8) is 0 Å². The van der Waals surface area contributed by atoms with Gasteiger partial charge < -0.3 is 5.32 Å². The largest absolute Gasteiger partial charge is 0.320 e. The molecular formula is C12H13N3OS. The van der Waals surface area contributed by atoms with Crippen LogP contribution in [0.5, 0.6) is 0 Å². The highest BCUT2D eigenvalue weighted by Crippen LogP contribution is 2.17. The maximum Gasteiger partial charge on any atom is 0.267 e. The third-order valence-corrected chi connectivity index (χ3v) is 3.30. The van der Waals surface area contributed by atoms with Crippen LogP contribution < -0.4 is 5.32 Å². The van der Waals surface area contributed by atoms with Crippen molar-refractivity contribution in [1.82, 2.24) is 9.97 Å². The third kappa shape index (κ3) is 2.50. The van der Waals surface area contributed by atoms with Gasteiger partial charge in [-0.3, -0.25) is 9.78 Å². The van der Waals surface area contributed by atoms with Gasteiger partial charge in [0.25, 0.3) is 5.91 Å². The monoisotopic (exact) mass is 247 g/mol. The number of hydrogen-bond donors (Lipinski definition) is 1. The van der Waals surface area contributed by atoms with Crippen LogP contribution in [0.2, 0.25) is 0 Å². The summed E-state index contributed by atoms with van der Waals surface area (Å²) >= 11 is 1.36. The quantitative estimate of drug-likeness (QED) is 0.907. The number of carbonyl (C=O) groups is 1. The molecule has 0 saturated carbocycles. The highest BCUT2D eigenvalue weighted by molar-refractivity contribution is 7.12. The van der Waals surface area contributed by atoms with Crippen LogP contribution in [0.1, 0.15) is 28.0 Å². The van der Waals surface area contributed by atoms with Gasteiger partial charge in [0, 0.05) is 6.20 Å². The van der Waals surface area contributed by atoms with Crippen molar-refractivity contribution in [3.05, 3.63) is 40.1 Å². The van der Waals surface area contributed by atoms with E-state index in [-0.39, 0.29) is 5.91 Å². The summed E-state index contributed by atoms with van der Waals surface area (Å²) in [6.45, 7) is 3.85. The Balaban J connectivity index is 2.20. The van der Waals surface area contributed by atoms with Gasteiger partial charge in [-0.25, -0.2) is 4.98 Å². The second kappa shape index (κ2) is 5.05. The summed E-state index contributed by atoms with van der Waals surface area (Å²) in [7, 11) is 0. The molecule has 0 radical (unpaired) electrons. The summed E-state index contributed by atoms with van der Waals surface area (Å²) < 4.78 is 0. The first kappa shape index (κ1) is 11.7. The topological polar surface area (TPSA) is 54.9 Å². The fraction of sp³-hybridized carbons (Fsp3) is 0.250. The molecule has 17 heavy (non-hydrogen) atoms. The van der Waals surface area contributed by atoms with Crippen LogP contribution in [0.3, 0.4) is 0 Å². The van der Waals surface area contributed by atoms with Crippen LogP contribution in [0.25, 0.3) is 0 Å². The molecule has 2 rings (SSSR count). The van der Waals surface area contributed by atoms with E-state index in [2.05, 4.69) is 15.3 Å². The van der Waals surface area contributed by atoms with Crippen LogP contribution in [0.15, 0.2) is 23.8 Å². The summed E-state index contributed by atoms with van der Waals surface area (Å²) in [6.07, 6.45) is 2.47. The van der Waals surface area contributed by atoms with Crippen molar-refractivity contribution in [1.29, 1.82) is 0 Å². The van der Waals surface area contributed by atoms with Gasteiger partial charge in [0.1, 0.15) is 4.88 Å². The molecule has 1 N–H and O–H groups in total. The molecule has 5 heteroatoms. The van der Waals surface area contributed by atoms with Crippen LogP contribution in [0.4, 0.5) is 5.69 Å². The Kier molecular flexibility index (Phi) is 3.49. The zero-order valence-corrected chi connectivity index (χ0v) is 10.5. The number of aromatic nitrogens is 2. The smallest absolute Gasteiger partial charge is 0.267 e. The molecule has 0 spiro atoms. The lowest BCUT2D eigenvalue weighted by Gasteiger charge is -2.06. The molecule has 4 nitrogen and oxygen atoms in total. The van der Waals surface area contributed by atoms with Gasteiger partial charge in [-0.1, -0.05) is 6.92 Å². The minimum Gasteiger partial charge on any atom is -0.320 e. The molecule has 0 fully saturated rings. The fourth-order valence-electron chi connectivity index (χ4n) is 1.50. The molecule has 0 aliphatic heterocycles. The molecular weight excluding hydrogens is 234 g/mol. The number of thiazole rings is 1. The van der Waals surface area contributed by atoms with E-state index >= 15 is 0 Å². The number of hydrogen-bond acceptors (Lipinski definition) is 4. The number of anilines is 1. The standard InChI is InChI=1S/C12H13N3OS/c1-3-9-11(17-7-14-9)12(16)15-10-5-4-6-13-8(10)2/h4-7H,3H2,1-2H3,(H,15,16). The second-order valence-electron chi connectivity index (χ2n) is 3.57. The van der Waals surface area contributed by atoms with Gasteiger partial charge in [0.2, 0.25) is 0 Å². The van der Waals surface area contributed by atoms with Gasteiger partial charge in [-0.2, -0.15) is 0 Å². The van der Waals surface area contributed by atoms with Crippen molar-refractivity contribution in [2.75, 3.05) is 5.32 Å². The van der Waals surface area contributed by atoms with Crippen LogP contribution in [-0.2, 0) is 6.42 Å². The molecule has 88 valence electrons. The zero-order valence-electron chi connectivity index (χ0n) is 9.73. The highest BCUT2D eigenvalue weighted by Gasteiger charge is 2.14. The molecule has 2 aromatic rings. The van der Waals surface area contributed by atoms with Crippen molar-refractivity contribution >= 4 is 22.9 Å². The molecule has 0 saturated heterocycles. The minimum atomic E-state index is -0.111. The van der Waals surface area contributed by atoms with E-state index in [9.17, 15) is 4.79 Å².